The Kier molecular flexibility index (Phi) is 2.56. The molecule has 0 amide bonds. The van der Waals surface area contributed by atoms with Crippen LogP contribution in [0.4, 0.5) is 0 Å². The second-order valence-corrected chi connectivity index (χ2v) is 5.33. The SMILES string of the molecule is CC(C)n1c(=O)[nH]c2c(-c3nccs3)cccc21. The van der Waals surface area contributed by atoms with Gasteiger partial charge in [-0.25, -0.2) is 9.78 Å². The fourth-order valence-corrected chi connectivity index (χ4v) is 2.87. The van der Waals surface area contributed by atoms with Crippen LogP contribution in [0.15, 0.2) is 34.6 Å². The molecule has 3 rings (SSSR count). The number of thiazole rings is 1. The molecule has 0 saturated heterocycles. The van der Waals surface area contributed by atoms with Crippen LogP contribution in [0.1, 0.15) is 19.9 Å². The monoisotopic (exact) mass is 259 g/mol. The molecule has 0 aliphatic heterocycles. The van der Waals surface area contributed by atoms with Gasteiger partial charge < -0.3 is 4.98 Å². The second kappa shape index (κ2) is 4.10. The van der Waals surface area contributed by atoms with Crippen molar-refractivity contribution in [1.82, 2.24) is 14.5 Å². The molecule has 0 saturated carbocycles. The Labute approximate surface area is 108 Å². The first-order valence-electron chi connectivity index (χ1n) is 5.81. The molecule has 0 atom stereocenters. The molecule has 92 valence electrons. The van der Waals surface area contributed by atoms with Crippen LogP contribution in [0.25, 0.3) is 21.6 Å². The molecule has 0 aliphatic carbocycles. The highest BCUT2D eigenvalue weighted by Gasteiger charge is 2.13. The highest BCUT2D eigenvalue weighted by molar-refractivity contribution is 7.13. The number of hydrogen-bond acceptors (Lipinski definition) is 3. The summed E-state index contributed by atoms with van der Waals surface area (Å²) in [6, 6.07) is 6.05. The third-order valence-corrected chi connectivity index (χ3v) is 3.74. The Morgan fingerprint density at radius 3 is 2.89 bits per heavy atom. The number of H-pyrrole nitrogens is 1. The van der Waals surface area contributed by atoms with Gasteiger partial charge in [-0.1, -0.05) is 6.07 Å². The maximum Gasteiger partial charge on any atom is 0.326 e. The quantitative estimate of drug-likeness (QED) is 0.769. The van der Waals surface area contributed by atoms with Crippen molar-refractivity contribution in [1.29, 1.82) is 0 Å². The van der Waals surface area contributed by atoms with E-state index in [-0.39, 0.29) is 11.7 Å². The molecular weight excluding hydrogens is 246 g/mol. The number of nitrogens with one attached hydrogen (secondary N) is 1. The Balaban J connectivity index is 2.37. The Hall–Kier alpha value is -1.88. The predicted molar refractivity (Wildman–Crippen MR) is 74.1 cm³/mol. The zero-order valence-corrected chi connectivity index (χ0v) is 11.0. The van der Waals surface area contributed by atoms with Gasteiger partial charge in [0.2, 0.25) is 0 Å². The van der Waals surface area contributed by atoms with Gasteiger partial charge in [-0.2, -0.15) is 0 Å². The molecule has 0 unspecified atom stereocenters. The van der Waals surface area contributed by atoms with Crippen LogP contribution in [0.5, 0.6) is 0 Å². The Bertz CT molecular complexity index is 737. The van der Waals surface area contributed by atoms with E-state index in [1.165, 1.54) is 0 Å². The van der Waals surface area contributed by atoms with Gasteiger partial charge in [0.05, 0.1) is 11.0 Å². The smallest absolute Gasteiger partial charge is 0.305 e. The van der Waals surface area contributed by atoms with Crippen molar-refractivity contribution >= 4 is 22.4 Å². The molecule has 0 fully saturated rings. The summed E-state index contributed by atoms with van der Waals surface area (Å²) in [6.45, 7) is 4.01. The van der Waals surface area contributed by atoms with Crippen LogP contribution in [0.3, 0.4) is 0 Å². The van der Waals surface area contributed by atoms with Crippen LogP contribution in [-0.2, 0) is 0 Å². The molecule has 4 nitrogen and oxygen atoms in total. The molecule has 0 aliphatic rings. The molecular formula is C13H13N3OS. The van der Waals surface area contributed by atoms with Crippen LogP contribution in [0.2, 0.25) is 0 Å². The average molecular weight is 259 g/mol. The summed E-state index contributed by atoms with van der Waals surface area (Å²) in [5, 5.41) is 2.86. The van der Waals surface area contributed by atoms with Gasteiger partial charge in [0.15, 0.2) is 0 Å². The van der Waals surface area contributed by atoms with Crippen molar-refractivity contribution in [3.05, 3.63) is 40.3 Å². The van der Waals surface area contributed by atoms with E-state index in [2.05, 4.69) is 9.97 Å². The molecule has 5 heteroatoms. The minimum Gasteiger partial charge on any atom is -0.305 e. The normalized spacial score (nSPS) is 11.5. The topological polar surface area (TPSA) is 50.7 Å². The van der Waals surface area contributed by atoms with Crippen LogP contribution >= 0.6 is 11.3 Å². The molecule has 2 heterocycles. The summed E-state index contributed by atoms with van der Waals surface area (Å²) >= 11 is 1.57. The van der Waals surface area contributed by atoms with Crippen molar-refractivity contribution in [3.63, 3.8) is 0 Å². The number of hydrogen-bond donors (Lipinski definition) is 1. The standard InChI is InChI=1S/C13H13N3OS/c1-8(2)16-10-5-3-4-9(11(10)15-13(16)17)12-14-6-7-18-12/h3-8H,1-2H3,(H,15,17). The number of aromatic amines is 1. The van der Waals surface area contributed by atoms with E-state index in [0.29, 0.717) is 0 Å². The van der Waals surface area contributed by atoms with Crippen molar-refractivity contribution in [2.75, 3.05) is 0 Å². The molecule has 0 radical (unpaired) electrons. The second-order valence-electron chi connectivity index (χ2n) is 4.43. The van der Waals surface area contributed by atoms with Gasteiger partial charge in [-0.05, 0) is 26.0 Å². The van der Waals surface area contributed by atoms with Crippen molar-refractivity contribution < 1.29 is 0 Å². The summed E-state index contributed by atoms with van der Waals surface area (Å²) in [5.74, 6) is 0. The first-order valence-corrected chi connectivity index (χ1v) is 6.69. The van der Waals surface area contributed by atoms with E-state index in [0.717, 1.165) is 21.6 Å². The first kappa shape index (κ1) is 11.2. The summed E-state index contributed by atoms with van der Waals surface area (Å²) in [7, 11) is 0. The number of para-hydroxylation sites is 1. The fourth-order valence-electron chi connectivity index (χ4n) is 2.20. The van der Waals surface area contributed by atoms with Crippen LogP contribution in [0, 0.1) is 0 Å². The fraction of sp³-hybridized carbons (Fsp3) is 0.231. The molecule has 1 N–H and O–H groups in total. The zero-order chi connectivity index (χ0) is 12.7. The number of benzene rings is 1. The van der Waals surface area contributed by atoms with Gasteiger partial charge in [-0.3, -0.25) is 4.57 Å². The van der Waals surface area contributed by atoms with Gasteiger partial charge in [-0.15, -0.1) is 11.3 Å². The summed E-state index contributed by atoms with van der Waals surface area (Å²) in [6.07, 6.45) is 1.77. The summed E-state index contributed by atoms with van der Waals surface area (Å²) < 4.78 is 1.77. The van der Waals surface area contributed by atoms with Crippen molar-refractivity contribution in [3.8, 4) is 10.6 Å². The predicted octanol–water partition coefficient (Wildman–Crippen LogP) is 3.03. The number of aromatic nitrogens is 3. The van der Waals surface area contributed by atoms with Gasteiger partial charge in [0.1, 0.15) is 5.01 Å². The van der Waals surface area contributed by atoms with Crippen molar-refractivity contribution in [2.24, 2.45) is 0 Å². The third kappa shape index (κ3) is 1.59. The zero-order valence-electron chi connectivity index (χ0n) is 10.2. The summed E-state index contributed by atoms with van der Waals surface area (Å²) in [5.41, 5.74) is 2.72. The highest BCUT2D eigenvalue weighted by atomic mass is 32.1. The minimum atomic E-state index is -0.0657. The Morgan fingerprint density at radius 2 is 2.22 bits per heavy atom. The lowest BCUT2D eigenvalue weighted by molar-refractivity contribution is 0.598. The largest absolute Gasteiger partial charge is 0.326 e. The van der Waals surface area contributed by atoms with Crippen molar-refractivity contribution in [2.45, 2.75) is 19.9 Å². The van der Waals surface area contributed by atoms with E-state index in [1.54, 1.807) is 22.1 Å². The molecule has 0 spiro atoms. The first-order chi connectivity index (χ1) is 8.68. The lowest BCUT2D eigenvalue weighted by Crippen LogP contribution is -2.18. The van der Waals surface area contributed by atoms with Crippen LogP contribution < -0.4 is 5.69 Å². The van der Waals surface area contributed by atoms with E-state index in [1.807, 2.05) is 37.4 Å². The molecule has 18 heavy (non-hydrogen) atoms. The number of rotatable bonds is 2. The van der Waals surface area contributed by atoms with Gasteiger partial charge >= 0.3 is 5.69 Å². The van der Waals surface area contributed by atoms with E-state index >= 15 is 0 Å². The average Bonchev–Trinajstić information content (AvgIpc) is 2.93. The lowest BCUT2D eigenvalue weighted by Gasteiger charge is -2.07. The van der Waals surface area contributed by atoms with E-state index < -0.39 is 0 Å². The maximum atomic E-state index is 12.0. The van der Waals surface area contributed by atoms with E-state index in [9.17, 15) is 4.79 Å². The number of imidazole rings is 1. The highest BCUT2D eigenvalue weighted by Crippen LogP contribution is 2.28. The van der Waals surface area contributed by atoms with E-state index in [4.69, 9.17) is 0 Å². The van der Waals surface area contributed by atoms with Crippen LogP contribution in [-0.4, -0.2) is 14.5 Å². The summed E-state index contributed by atoms with van der Waals surface area (Å²) in [4.78, 5) is 19.2. The van der Waals surface area contributed by atoms with Gasteiger partial charge in [0.25, 0.3) is 0 Å². The Morgan fingerprint density at radius 1 is 1.39 bits per heavy atom. The minimum absolute atomic E-state index is 0.0657. The molecule has 3 aromatic rings. The molecule has 1 aromatic carbocycles. The number of fused-ring (bicyclic) bond motifs is 1. The number of nitrogens with zero attached hydrogens (tertiary/aromatic N) is 2. The molecule has 0 bridgehead atoms. The van der Waals surface area contributed by atoms with Gasteiger partial charge in [0, 0.05) is 23.2 Å². The maximum absolute atomic E-state index is 12.0. The lowest BCUT2D eigenvalue weighted by atomic mass is 10.2. The third-order valence-electron chi connectivity index (χ3n) is 2.93. The molecule has 2 aromatic heterocycles.